The van der Waals surface area contributed by atoms with Crippen LogP contribution < -0.4 is 15.0 Å². The van der Waals surface area contributed by atoms with E-state index in [-0.39, 0.29) is 12.6 Å². The molecule has 9 heteroatoms. The highest BCUT2D eigenvalue weighted by Crippen LogP contribution is 2.30. The molecule has 2 aliphatic heterocycles. The van der Waals surface area contributed by atoms with E-state index in [0.29, 0.717) is 19.0 Å². The first-order chi connectivity index (χ1) is 16.8. The van der Waals surface area contributed by atoms with Crippen molar-refractivity contribution in [3.63, 3.8) is 0 Å². The Bertz CT molecular complexity index is 1310. The minimum Gasteiger partial charge on any atom is -0.477 e. The summed E-state index contributed by atoms with van der Waals surface area (Å²) in [6, 6.07) is 10.2. The molecular formula is C25H26N6O3. The molecule has 5 heterocycles. The standard InChI is InChI=1S/C25H26N6O3/c32-15-21-16-33-11-9-31(21)20-5-3-19(4-6-20)28-23-24-26-7-8-30(24)14-22(29-23)18-12-17-2-1-10-34-25(17)27-13-18/h3-8,12-14,21,32H,1-2,9-11,15-16H2,(H,28,29)/t21-/m1/s1. The Morgan fingerprint density at radius 2 is 2.06 bits per heavy atom. The van der Waals surface area contributed by atoms with Crippen LogP contribution in [0.4, 0.5) is 17.2 Å². The third-order valence-electron chi connectivity index (χ3n) is 6.32. The van der Waals surface area contributed by atoms with E-state index in [4.69, 9.17) is 14.5 Å². The van der Waals surface area contributed by atoms with Crippen molar-refractivity contribution < 1.29 is 14.6 Å². The maximum absolute atomic E-state index is 9.67. The molecule has 34 heavy (non-hydrogen) atoms. The largest absolute Gasteiger partial charge is 0.477 e. The van der Waals surface area contributed by atoms with Gasteiger partial charge in [-0.3, -0.25) is 0 Å². The number of imidazole rings is 1. The van der Waals surface area contributed by atoms with E-state index in [1.54, 1.807) is 6.20 Å². The molecule has 0 unspecified atom stereocenters. The number of aliphatic hydroxyl groups is 1. The fourth-order valence-corrected chi connectivity index (χ4v) is 4.55. The SMILES string of the molecule is OC[C@@H]1COCCN1c1ccc(Nc2nc(-c3cnc4c(c3)CCCO4)cn3ccnc23)cc1. The van der Waals surface area contributed by atoms with Crippen LogP contribution in [0.1, 0.15) is 12.0 Å². The van der Waals surface area contributed by atoms with Gasteiger partial charge in [-0.15, -0.1) is 0 Å². The van der Waals surface area contributed by atoms with Crippen LogP contribution >= 0.6 is 0 Å². The predicted molar refractivity (Wildman–Crippen MR) is 129 cm³/mol. The summed E-state index contributed by atoms with van der Waals surface area (Å²) in [6.07, 6.45) is 9.42. The number of morpholine rings is 1. The van der Waals surface area contributed by atoms with Gasteiger partial charge in [-0.05, 0) is 43.2 Å². The zero-order valence-electron chi connectivity index (χ0n) is 18.7. The minimum absolute atomic E-state index is 0.0221. The van der Waals surface area contributed by atoms with Crippen molar-refractivity contribution in [2.24, 2.45) is 0 Å². The molecular weight excluding hydrogens is 432 g/mol. The number of hydrogen-bond acceptors (Lipinski definition) is 8. The molecule has 0 aliphatic carbocycles. The van der Waals surface area contributed by atoms with Crippen LogP contribution in [0.5, 0.6) is 5.88 Å². The van der Waals surface area contributed by atoms with Crippen molar-refractivity contribution in [3.8, 4) is 17.1 Å². The van der Waals surface area contributed by atoms with Gasteiger partial charge in [0.15, 0.2) is 11.5 Å². The van der Waals surface area contributed by atoms with E-state index < -0.39 is 0 Å². The molecule has 0 bridgehead atoms. The Morgan fingerprint density at radius 3 is 2.94 bits per heavy atom. The molecule has 174 valence electrons. The van der Waals surface area contributed by atoms with Crippen molar-refractivity contribution in [1.29, 1.82) is 0 Å². The van der Waals surface area contributed by atoms with Crippen molar-refractivity contribution in [2.45, 2.75) is 18.9 Å². The lowest BCUT2D eigenvalue weighted by molar-refractivity contribution is 0.0727. The monoisotopic (exact) mass is 458 g/mol. The lowest BCUT2D eigenvalue weighted by Crippen LogP contribution is -2.47. The van der Waals surface area contributed by atoms with Gasteiger partial charge in [0.05, 0.1) is 38.2 Å². The molecule has 4 aromatic rings. The highest BCUT2D eigenvalue weighted by molar-refractivity contribution is 5.74. The van der Waals surface area contributed by atoms with E-state index in [9.17, 15) is 5.11 Å². The smallest absolute Gasteiger partial charge is 0.216 e. The molecule has 1 saturated heterocycles. The Hall–Kier alpha value is -3.69. The topological polar surface area (TPSA) is 97.0 Å². The third kappa shape index (κ3) is 3.93. The first-order valence-corrected chi connectivity index (χ1v) is 11.6. The number of ether oxygens (including phenoxy) is 2. The molecule has 0 radical (unpaired) electrons. The first-order valence-electron chi connectivity index (χ1n) is 11.6. The van der Waals surface area contributed by atoms with Crippen molar-refractivity contribution in [2.75, 3.05) is 43.2 Å². The van der Waals surface area contributed by atoms with E-state index in [2.05, 4.69) is 38.4 Å². The van der Waals surface area contributed by atoms with Gasteiger partial charge in [0.25, 0.3) is 0 Å². The molecule has 1 atom stereocenters. The molecule has 9 nitrogen and oxygen atoms in total. The second-order valence-electron chi connectivity index (χ2n) is 8.55. The maximum atomic E-state index is 9.67. The summed E-state index contributed by atoms with van der Waals surface area (Å²) in [4.78, 5) is 16.1. The normalized spacial score (nSPS) is 17.9. The van der Waals surface area contributed by atoms with Gasteiger partial charge >= 0.3 is 0 Å². The maximum Gasteiger partial charge on any atom is 0.216 e. The zero-order valence-corrected chi connectivity index (χ0v) is 18.7. The average molecular weight is 459 g/mol. The number of fused-ring (bicyclic) bond motifs is 2. The van der Waals surface area contributed by atoms with Crippen LogP contribution in [0.15, 0.2) is 55.1 Å². The predicted octanol–water partition coefficient (Wildman–Crippen LogP) is 3.06. The Kier molecular flexibility index (Phi) is 5.48. The summed E-state index contributed by atoms with van der Waals surface area (Å²) in [5, 5.41) is 13.1. The van der Waals surface area contributed by atoms with Crippen molar-refractivity contribution in [3.05, 3.63) is 60.7 Å². The van der Waals surface area contributed by atoms with Crippen LogP contribution in [0.2, 0.25) is 0 Å². The number of anilines is 3. The number of aromatic nitrogens is 4. The van der Waals surface area contributed by atoms with E-state index >= 15 is 0 Å². The fraction of sp³-hybridized carbons (Fsp3) is 0.320. The molecule has 2 N–H and O–H groups in total. The van der Waals surface area contributed by atoms with Crippen LogP contribution in [0.25, 0.3) is 16.9 Å². The first kappa shape index (κ1) is 20.9. The molecule has 1 aromatic carbocycles. The molecule has 0 saturated carbocycles. The molecule has 2 aliphatic rings. The highest BCUT2D eigenvalue weighted by Gasteiger charge is 2.22. The van der Waals surface area contributed by atoms with Crippen molar-refractivity contribution >= 4 is 22.8 Å². The molecule has 1 fully saturated rings. The molecule has 0 amide bonds. The Balaban J connectivity index is 1.30. The number of nitrogens with one attached hydrogen (secondary N) is 1. The van der Waals surface area contributed by atoms with Gasteiger partial charge in [0.2, 0.25) is 5.88 Å². The highest BCUT2D eigenvalue weighted by atomic mass is 16.5. The lowest BCUT2D eigenvalue weighted by Gasteiger charge is -2.36. The summed E-state index contributed by atoms with van der Waals surface area (Å²) in [7, 11) is 0. The average Bonchev–Trinajstić information content (AvgIpc) is 3.38. The van der Waals surface area contributed by atoms with Gasteiger partial charge in [0.1, 0.15) is 0 Å². The van der Waals surface area contributed by atoms with Gasteiger partial charge in [-0.25, -0.2) is 15.0 Å². The number of hydrogen-bond donors (Lipinski definition) is 2. The minimum atomic E-state index is -0.0221. The summed E-state index contributed by atoms with van der Waals surface area (Å²) in [5.41, 5.74) is 5.58. The number of rotatable bonds is 5. The number of nitrogens with zero attached hydrogens (tertiary/aromatic N) is 5. The lowest BCUT2D eigenvalue weighted by atomic mass is 10.1. The van der Waals surface area contributed by atoms with Crippen LogP contribution in [0, 0.1) is 0 Å². The summed E-state index contributed by atoms with van der Waals surface area (Å²) in [6.45, 7) is 2.75. The summed E-state index contributed by atoms with van der Waals surface area (Å²) in [5.74, 6) is 1.39. The summed E-state index contributed by atoms with van der Waals surface area (Å²) >= 11 is 0. The summed E-state index contributed by atoms with van der Waals surface area (Å²) < 4.78 is 13.1. The number of benzene rings is 1. The second kappa shape index (κ2) is 8.92. The third-order valence-corrected chi connectivity index (χ3v) is 6.32. The molecule has 0 spiro atoms. The van der Waals surface area contributed by atoms with Crippen LogP contribution in [-0.2, 0) is 11.2 Å². The Morgan fingerprint density at radius 1 is 1.15 bits per heavy atom. The van der Waals surface area contributed by atoms with Crippen LogP contribution in [-0.4, -0.2) is 63.5 Å². The fourth-order valence-electron chi connectivity index (χ4n) is 4.55. The van der Waals surface area contributed by atoms with E-state index in [1.807, 2.05) is 35.1 Å². The van der Waals surface area contributed by atoms with Gasteiger partial charge in [0, 0.05) is 53.8 Å². The number of aliphatic hydroxyl groups excluding tert-OH is 1. The number of aryl methyl sites for hydroxylation is 1. The molecule has 3 aromatic heterocycles. The van der Waals surface area contributed by atoms with E-state index in [0.717, 1.165) is 65.7 Å². The molecule has 6 rings (SSSR count). The van der Waals surface area contributed by atoms with Crippen molar-refractivity contribution in [1.82, 2.24) is 19.4 Å². The Labute approximate surface area is 197 Å². The van der Waals surface area contributed by atoms with Gasteiger partial charge in [-0.1, -0.05) is 0 Å². The van der Waals surface area contributed by atoms with Gasteiger partial charge in [-0.2, -0.15) is 0 Å². The second-order valence-corrected chi connectivity index (χ2v) is 8.55. The number of pyridine rings is 1. The van der Waals surface area contributed by atoms with Crippen LogP contribution in [0.3, 0.4) is 0 Å². The van der Waals surface area contributed by atoms with Gasteiger partial charge < -0.3 is 29.2 Å². The quantitative estimate of drug-likeness (QED) is 0.471. The zero-order chi connectivity index (χ0) is 22.9. The van der Waals surface area contributed by atoms with E-state index in [1.165, 1.54) is 0 Å².